The van der Waals surface area contributed by atoms with Crippen LogP contribution in [0.25, 0.3) is 0 Å². The van der Waals surface area contributed by atoms with E-state index in [9.17, 15) is 0 Å². The van der Waals surface area contributed by atoms with Gasteiger partial charge in [-0.15, -0.1) is 0 Å². The monoisotopic (exact) mass is 415 g/mol. The summed E-state index contributed by atoms with van der Waals surface area (Å²) in [6.45, 7) is 3.10. The Labute approximate surface area is 175 Å². The second-order valence-electron chi connectivity index (χ2n) is 6.13. The fourth-order valence-corrected chi connectivity index (χ4v) is 3.36. The molecule has 3 aromatic rings. The van der Waals surface area contributed by atoms with Crippen molar-refractivity contribution in [2.75, 3.05) is 0 Å². The van der Waals surface area contributed by atoms with Crippen LogP contribution in [-0.4, -0.2) is 4.99 Å². The van der Waals surface area contributed by atoms with Gasteiger partial charge in [0.15, 0.2) is 0 Å². The van der Waals surface area contributed by atoms with Crippen molar-refractivity contribution in [1.82, 2.24) is 5.32 Å². The van der Waals surface area contributed by atoms with E-state index in [1.807, 2.05) is 42.5 Å². The van der Waals surface area contributed by atoms with Crippen molar-refractivity contribution < 1.29 is 4.74 Å². The van der Waals surface area contributed by atoms with Crippen molar-refractivity contribution in [3.63, 3.8) is 0 Å². The van der Waals surface area contributed by atoms with Crippen LogP contribution in [-0.2, 0) is 13.2 Å². The number of hydrogen-bond donors (Lipinski definition) is 1. The van der Waals surface area contributed by atoms with Crippen molar-refractivity contribution in [3.05, 3.63) is 99.0 Å². The van der Waals surface area contributed by atoms with Crippen LogP contribution in [0, 0.1) is 6.92 Å². The SMILES string of the molecule is Cc1ccccc1CNC(=S)c1ccccc1OCc1ccc(Cl)cc1Cl. The summed E-state index contributed by atoms with van der Waals surface area (Å²) in [4.78, 5) is 0.649. The molecule has 0 aliphatic rings. The molecule has 0 unspecified atom stereocenters. The molecule has 2 nitrogen and oxygen atoms in total. The summed E-state index contributed by atoms with van der Waals surface area (Å²) in [7, 11) is 0. The molecule has 3 aromatic carbocycles. The van der Waals surface area contributed by atoms with Gasteiger partial charge in [-0.25, -0.2) is 0 Å². The summed E-state index contributed by atoms with van der Waals surface area (Å²) in [5, 5.41) is 4.51. The molecule has 5 heteroatoms. The maximum atomic E-state index is 6.23. The van der Waals surface area contributed by atoms with Crippen molar-refractivity contribution in [3.8, 4) is 5.75 Å². The first kappa shape index (κ1) is 19.7. The first-order valence-corrected chi connectivity index (χ1v) is 9.69. The minimum atomic E-state index is 0.341. The molecule has 0 radical (unpaired) electrons. The zero-order valence-corrected chi connectivity index (χ0v) is 17.2. The van der Waals surface area contributed by atoms with Gasteiger partial charge >= 0.3 is 0 Å². The molecule has 0 amide bonds. The summed E-state index contributed by atoms with van der Waals surface area (Å²) in [6, 6.07) is 21.3. The predicted molar refractivity (Wildman–Crippen MR) is 117 cm³/mol. The quantitative estimate of drug-likeness (QED) is 0.474. The lowest BCUT2D eigenvalue weighted by molar-refractivity contribution is 0.305. The van der Waals surface area contributed by atoms with Crippen LogP contribution in [0.5, 0.6) is 5.75 Å². The van der Waals surface area contributed by atoms with E-state index in [0.29, 0.717) is 33.9 Å². The van der Waals surface area contributed by atoms with Crippen LogP contribution in [0.4, 0.5) is 0 Å². The summed E-state index contributed by atoms with van der Waals surface area (Å²) in [6.07, 6.45) is 0. The van der Waals surface area contributed by atoms with Gasteiger partial charge < -0.3 is 10.1 Å². The van der Waals surface area contributed by atoms with E-state index in [1.165, 1.54) is 11.1 Å². The summed E-state index contributed by atoms with van der Waals surface area (Å²) < 4.78 is 5.99. The van der Waals surface area contributed by atoms with Gasteiger partial charge in [0.1, 0.15) is 17.3 Å². The molecule has 0 spiro atoms. The number of rotatable bonds is 6. The Bertz CT molecular complexity index is 959. The van der Waals surface area contributed by atoms with E-state index >= 15 is 0 Å². The van der Waals surface area contributed by atoms with Crippen LogP contribution >= 0.6 is 35.4 Å². The van der Waals surface area contributed by atoms with Gasteiger partial charge in [0.05, 0.1) is 5.56 Å². The number of hydrogen-bond acceptors (Lipinski definition) is 2. The Morgan fingerprint density at radius 3 is 2.48 bits per heavy atom. The molecule has 0 atom stereocenters. The fraction of sp³-hybridized carbons (Fsp3) is 0.136. The third-order valence-corrected chi connectivity index (χ3v) is 5.18. The lowest BCUT2D eigenvalue weighted by Gasteiger charge is -2.15. The third-order valence-electron chi connectivity index (χ3n) is 4.23. The molecule has 0 saturated carbocycles. The normalized spacial score (nSPS) is 10.5. The molecule has 27 heavy (non-hydrogen) atoms. The molecule has 0 fully saturated rings. The molecule has 0 aliphatic carbocycles. The highest BCUT2D eigenvalue weighted by atomic mass is 35.5. The van der Waals surface area contributed by atoms with Crippen LogP contribution in [0.3, 0.4) is 0 Å². The number of halogens is 2. The van der Waals surface area contributed by atoms with Crippen LogP contribution < -0.4 is 10.1 Å². The average molecular weight is 416 g/mol. The first-order chi connectivity index (χ1) is 13.0. The Morgan fingerprint density at radius 1 is 0.963 bits per heavy atom. The maximum Gasteiger partial charge on any atom is 0.129 e. The number of aryl methyl sites for hydroxylation is 1. The number of ether oxygens (including phenoxy) is 1. The maximum absolute atomic E-state index is 6.23. The molecule has 3 rings (SSSR count). The standard InChI is InChI=1S/C22H19Cl2NOS/c1-15-6-2-3-7-16(15)13-25-22(27)19-8-4-5-9-21(19)26-14-17-10-11-18(23)12-20(17)24/h2-12H,13-14H2,1H3,(H,25,27). The van der Waals surface area contributed by atoms with E-state index in [-0.39, 0.29) is 0 Å². The molecule has 0 bridgehead atoms. The molecule has 138 valence electrons. The van der Waals surface area contributed by atoms with E-state index in [2.05, 4.69) is 24.4 Å². The molecule has 0 aliphatic heterocycles. The Kier molecular flexibility index (Phi) is 6.73. The van der Waals surface area contributed by atoms with E-state index in [0.717, 1.165) is 11.1 Å². The second kappa shape index (κ2) is 9.23. The second-order valence-corrected chi connectivity index (χ2v) is 7.38. The van der Waals surface area contributed by atoms with Gasteiger partial charge in [-0.05, 0) is 42.3 Å². The lowest BCUT2D eigenvalue weighted by Crippen LogP contribution is -2.22. The summed E-state index contributed by atoms with van der Waals surface area (Å²) in [5.41, 5.74) is 4.17. The van der Waals surface area contributed by atoms with E-state index < -0.39 is 0 Å². The van der Waals surface area contributed by atoms with Crippen molar-refractivity contribution >= 4 is 40.4 Å². The minimum Gasteiger partial charge on any atom is -0.488 e. The number of thiocarbonyl (C=S) groups is 1. The van der Waals surface area contributed by atoms with E-state index in [1.54, 1.807) is 12.1 Å². The average Bonchev–Trinajstić information content (AvgIpc) is 2.67. The largest absolute Gasteiger partial charge is 0.488 e. The Morgan fingerprint density at radius 2 is 1.70 bits per heavy atom. The molecular formula is C22H19Cl2NOS. The number of nitrogens with one attached hydrogen (secondary N) is 1. The zero-order chi connectivity index (χ0) is 19.2. The first-order valence-electron chi connectivity index (χ1n) is 8.53. The van der Waals surface area contributed by atoms with Gasteiger partial charge in [0.2, 0.25) is 0 Å². The van der Waals surface area contributed by atoms with Gasteiger partial charge in [0.25, 0.3) is 0 Å². The molecular weight excluding hydrogens is 397 g/mol. The Balaban J connectivity index is 1.69. The molecule has 0 aromatic heterocycles. The van der Waals surface area contributed by atoms with Gasteiger partial charge in [-0.1, -0.05) is 77.9 Å². The predicted octanol–water partition coefficient (Wildman–Crippen LogP) is 6.35. The zero-order valence-electron chi connectivity index (χ0n) is 14.8. The van der Waals surface area contributed by atoms with Crippen LogP contribution in [0.15, 0.2) is 66.7 Å². The summed E-state index contributed by atoms with van der Waals surface area (Å²) >= 11 is 17.8. The highest BCUT2D eigenvalue weighted by Gasteiger charge is 2.10. The minimum absolute atomic E-state index is 0.341. The third kappa shape index (κ3) is 5.23. The van der Waals surface area contributed by atoms with Crippen molar-refractivity contribution in [1.29, 1.82) is 0 Å². The van der Waals surface area contributed by atoms with E-state index in [4.69, 9.17) is 40.2 Å². The Hall–Kier alpha value is -2.07. The van der Waals surface area contributed by atoms with Crippen LogP contribution in [0.1, 0.15) is 22.3 Å². The number of para-hydroxylation sites is 1. The fourth-order valence-electron chi connectivity index (χ4n) is 2.65. The highest BCUT2D eigenvalue weighted by Crippen LogP contribution is 2.24. The van der Waals surface area contributed by atoms with Gasteiger partial charge in [-0.2, -0.15) is 0 Å². The van der Waals surface area contributed by atoms with Crippen LogP contribution in [0.2, 0.25) is 10.0 Å². The highest BCUT2D eigenvalue weighted by molar-refractivity contribution is 7.80. The van der Waals surface area contributed by atoms with Crippen molar-refractivity contribution in [2.24, 2.45) is 0 Å². The molecule has 0 saturated heterocycles. The van der Waals surface area contributed by atoms with Gasteiger partial charge in [-0.3, -0.25) is 0 Å². The topological polar surface area (TPSA) is 21.3 Å². The lowest BCUT2D eigenvalue weighted by atomic mass is 10.1. The van der Waals surface area contributed by atoms with Crippen molar-refractivity contribution in [2.45, 2.75) is 20.1 Å². The number of benzene rings is 3. The molecule has 1 N–H and O–H groups in total. The smallest absolute Gasteiger partial charge is 0.129 e. The van der Waals surface area contributed by atoms with Gasteiger partial charge in [0, 0.05) is 22.2 Å². The summed E-state index contributed by atoms with van der Waals surface area (Å²) in [5.74, 6) is 0.714. The molecule has 0 heterocycles.